The molecule has 216 valence electrons. The Bertz CT molecular complexity index is 1550. The Morgan fingerprint density at radius 3 is 2.46 bits per heavy atom. The summed E-state index contributed by atoms with van der Waals surface area (Å²) in [4.78, 5) is 36.9. The number of likely N-dealkylation sites (N-methyl/N-ethyl adjacent to an activating group) is 1. The Hall–Kier alpha value is -3.72. The van der Waals surface area contributed by atoms with E-state index < -0.39 is 6.04 Å². The topological polar surface area (TPSA) is 93.7 Å². The van der Waals surface area contributed by atoms with Gasteiger partial charge in [0.15, 0.2) is 0 Å². The molecule has 1 heterocycles. The molecular weight excluding hydrogens is 538 g/mol. The number of carbonyl (C=O) groups is 1. The van der Waals surface area contributed by atoms with Crippen LogP contribution >= 0.6 is 11.6 Å². The van der Waals surface area contributed by atoms with E-state index in [2.05, 4.69) is 0 Å². The monoisotopic (exact) mass is 575 g/mol. The first-order valence-electron chi connectivity index (χ1n) is 13.9. The summed E-state index contributed by atoms with van der Waals surface area (Å²) < 4.78 is 7.23. The quantitative estimate of drug-likeness (QED) is 0.262. The second kappa shape index (κ2) is 13.8. The molecule has 9 heteroatoms. The molecule has 0 fully saturated rings. The van der Waals surface area contributed by atoms with Gasteiger partial charge in [0.2, 0.25) is 5.91 Å². The van der Waals surface area contributed by atoms with Gasteiger partial charge in [-0.25, -0.2) is 4.98 Å². The molecule has 1 atom stereocenters. The van der Waals surface area contributed by atoms with E-state index in [1.54, 1.807) is 10.6 Å². The van der Waals surface area contributed by atoms with Crippen LogP contribution in [0, 0.1) is 6.92 Å². The lowest BCUT2D eigenvalue weighted by molar-refractivity contribution is -0.133. The third kappa shape index (κ3) is 7.14. The first kappa shape index (κ1) is 30.2. The van der Waals surface area contributed by atoms with E-state index in [1.165, 1.54) is 0 Å². The number of para-hydroxylation sites is 1. The van der Waals surface area contributed by atoms with Crippen LogP contribution in [0.5, 0.6) is 5.75 Å². The van der Waals surface area contributed by atoms with Crippen LogP contribution in [0.3, 0.4) is 0 Å². The molecule has 1 aromatic heterocycles. The molecule has 1 unspecified atom stereocenters. The maximum Gasteiger partial charge on any atom is 0.266 e. The van der Waals surface area contributed by atoms with Crippen LogP contribution in [0.2, 0.25) is 5.02 Å². The van der Waals surface area contributed by atoms with Crippen molar-refractivity contribution in [1.82, 2.24) is 19.4 Å². The molecule has 0 saturated heterocycles. The number of nitrogens with two attached hydrogens (primary N) is 1. The third-order valence-electron chi connectivity index (χ3n) is 7.02. The number of aryl methyl sites for hydroxylation is 1. The second-order valence-electron chi connectivity index (χ2n) is 10.3. The van der Waals surface area contributed by atoms with Crippen LogP contribution < -0.4 is 16.0 Å². The summed E-state index contributed by atoms with van der Waals surface area (Å²) in [6.07, 6.45) is 0.588. The molecule has 4 aromatic rings. The van der Waals surface area contributed by atoms with Gasteiger partial charge < -0.3 is 20.3 Å². The maximum atomic E-state index is 14.0. The lowest BCUT2D eigenvalue weighted by Gasteiger charge is -2.34. The van der Waals surface area contributed by atoms with Gasteiger partial charge in [-0.3, -0.25) is 14.2 Å². The molecule has 0 bridgehead atoms. The number of halogens is 1. The van der Waals surface area contributed by atoms with Gasteiger partial charge in [0.25, 0.3) is 5.56 Å². The van der Waals surface area contributed by atoms with Gasteiger partial charge in [-0.15, -0.1) is 0 Å². The molecule has 0 saturated carbocycles. The highest BCUT2D eigenvalue weighted by molar-refractivity contribution is 6.31. The lowest BCUT2D eigenvalue weighted by atomic mass is 10.1. The molecule has 0 aliphatic rings. The number of ether oxygens (including phenoxy) is 1. The van der Waals surface area contributed by atoms with Crippen LogP contribution in [0.1, 0.15) is 36.3 Å². The van der Waals surface area contributed by atoms with Crippen molar-refractivity contribution in [1.29, 1.82) is 0 Å². The van der Waals surface area contributed by atoms with Crippen molar-refractivity contribution >= 4 is 28.4 Å². The summed E-state index contributed by atoms with van der Waals surface area (Å²) in [6.45, 7) is 5.75. The zero-order valence-electron chi connectivity index (χ0n) is 24.1. The zero-order chi connectivity index (χ0) is 29.5. The smallest absolute Gasteiger partial charge is 0.266 e. The standard InChI is InChI=1S/C32H38ClN5O3/c1-5-41-25-14-12-24(13-15-25)38-31(35-28-9-7-6-8-26(28)32(38)40)29(16-17-34)37(19-18-36(3)4)30(39)21-23-11-10-22(2)27(33)20-23/h6-15,20,29H,5,16-19,21,34H2,1-4H3. The Balaban J connectivity index is 1.87. The van der Waals surface area contributed by atoms with Crippen molar-refractivity contribution in [2.45, 2.75) is 32.7 Å². The fraction of sp³-hybridized carbons (Fsp3) is 0.344. The van der Waals surface area contributed by atoms with Gasteiger partial charge in [0, 0.05) is 18.1 Å². The van der Waals surface area contributed by atoms with Crippen LogP contribution in [0.4, 0.5) is 0 Å². The molecule has 2 N–H and O–H groups in total. The summed E-state index contributed by atoms with van der Waals surface area (Å²) in [5, 5.41) is 1.12. The van der Waals surface area contributed by atoms with Crippen LogP contribution in [0.25, 0.3) is 16.6 Å². The van der Waals surface area contributed by atoms with E-state index in [0.717, 1.165) is 11.1 Å². The van der Waals surface area contributed by atoms with E-state index in [9.17, 15) is 9.59 Å². The largest absolute Gasteiger partial charge is 0.494 e. The van der Waals surface area contributed by atoms with Crippen LogP contribution in [-0.4, -0.2) is 65.6 Å². The first-order valence-corrected chi connectivity index (χ1v) is 14.3. The summed E-state index contributed by atoms with van der Waals surface area (Å²) >= 11 is 6.38. The molecule has 0 aliphatic heterocycles. The summed E-state index contributed by atoms with van der Waals surface area (Å²) in [7, 11) is 3.93. The molecule has 4 rings (SSSR count). The molecule has 1 amide bonds. The third-order valence-corrected chi connectivity index (χ3v) is 7.43. The highest BCUT2D eigenvalue weighted by Crippen LogP contribution is 2.28. The fourth-order valence-corrected chi connectivity index (χ4v) is 5.05. The molecule has 0 spiro atoms. The van der Waals surface area contributed by atoms with Crippen molar-refractivity contribution < 1.29 is 9.53 Å². The van der Waals surface area contributed by atoms with Crippen LogP contribution in [-0.2, 0) is 11.2 Å². The number of hydrogen-bond acceptors (Lipinski definition) is 6. The maximum absolute atomic E-state index is 14.0. The summed E-state index contributed by atoms with van der Waals surface area (Å²) in [5.41, 5.74) is 8.92. The van der Waals surface area contributed by atoms with Gasteiger partial charge in [0.1, 0.15) is 11.6 Å². The lowest BCUT2D eigenvalue weighted by Crippen LogP contribution is -2.43. The number of amides is 1. The van der Waals surface area contributed by atoms with Gasteiger partial charge in [-0.1, -0.05) is 35.9 Å². The SMILES string of the molecule is CCOc1ccc(-n2c(C(CCN)N(CCN(C)C)C(=O)Cc3ccc(C)c(Cl)c3)nc3ccccc3c2=O)cc1. The Kier molecular flexibility index (Phi) is 10.2. The molecule has 41 heavy (non-hydrogen) atoms. The van der Waals surface area contributed by atoms with Gasteiger partial charge in [-0.05, 0) is 94.5 Å². The van der Waals surface area contributed by atoms with Crippen molar-refractivity contribution in [2.24, 2.45) is 5.73 Å². The van der Waals surface area contributed by atoms with E-state index in [-0.39, 0.29) is 17.9 Å². The number of fused-ring (bicyclic) bond motifs is 1. The van der Waals surface area contributed by atoms with Crippen molar-refractivity contribution in [3.05, 3.63) is 99.1 Å². The van der Waals surface area contributed by atoms with E-state index in [0.29, 0.717) is 65.8 Å². The zero-order valence-corrected chi connectivity index (χ0v) is 24.9. The molecular formula is C32H38ClN5O3. The highest BCUT2D eigenvalue weighted by Gasteiger charge is 2.30. The van der Waals surface area contributed by atoms with Crippen molar-refractivity contribution in [3.8, 4) is 11.4 Å². The Labute approximate surface area is 246 Å². The number of hydrogen-bond donors (Lipinski definition) is 1. The highest BCUT2D eigenvalue weighted by atomic mass is 35.5. The number of benzene rings is 3. The summed E-state index contributed by atoms with van der Waals surface area (Å²) in [6, 6.07) is 19.7. The molecule has 0 aliphatic carbocycles. The molecule has 3 aromatic carbocycles. The second-order valence-corrected chi connectivity index (χ2v) is 10.7. The number of carbonyl (C=O) groups excluding carboxylic acids is 1. The first-order chi connectivity index (χ1) is 19.7. The van der Waals surface area contributed by atoms with E-state index in [4.69, 9.17) is 27.1 Å². The average Bonchev–Trinajstić information content (AvgIpc) is 2.95. The van der Waals surface area contributed by atoms with E-state index in [1.807, 2.05) is 98.4 Å². The number of aromatic nitrogens is 2. The van der Waals surface area contributed by atoms with Gasteiger partial charge >= 0.3 is 0 Å². The van der Waals surface area contributed by atoms with Crippen LogP contribution in [0.15, 0.2) is 71.5 Å². The predicted molar refractivity (Wildman–Crippen MR) is 165 cm³/mol. The summed E-state index contributed by atoms with van der Waals surface area (Å²) in [5.74, 6) is 1.08. The Morgan fingerprint density at radius 1 is 1.07 bits per heavy atom. The fourth-order valence-electron chi connectivity index (χ4n) is 4.85. The number of nitrogens with zero attached hydrogens (tertiary/aromatic N) is 4. The minimum atomic E-state index is -0.544. The average molecular weight is 576 g/mol. The minimum absolute atomic E-state index is 0.0918. The van der Waals surface area contributed by atoms with Crippen molar-refractivity contribution in [3.63, 3.8) is 0 Å². The molecule has 8 nitrogen and oxygen atoms in total. The van der Waals surface area contributed by atoms with Gasteiger partial charge in [-0.2, -0.15) is 0 Å². The van der Waals surface area contributed by atoms with E-state index >= 15 is 0 Å². The van der Waals surface area contributed by atoms with Crippen molar-refractivity contribution in [2.75, 3.05) is 40.3 Å². The Morgan fingerprint density at radius 2 is 1.80 bits per heavy atom. The molecule has 0 radical (unpaired) electrons. The number of rotatable bonds is 12. The predicted octanol–water partition coefficient (Wildman–Crippen LogP) is 4.77. The van der Waals surface area contributed by atoms with Gasteiger partial charge in [0.05, 0.1) is 35.7 Å². The normalized spacial score (nSPS) is 12.1. The minimum Gasteiger partial charge on any atom is -0.494 e.